The molecule has 0 radical (unpaired) electrons. The molecule has 0 spiro atoms. The average molecular weight is 373 g/mol. The molecule has 0 bridgehead atoms. The Morgan fingerprint density at radius 1 is 1.30 bits per heavy atom. The third kappa shape index (κ3) is 5.10. The fourth-order valence-corrected chi connectivity index (χ4v) is 2.45. The van der Waals surface area contributed by atoms with Gasteiger partial charge in [-0.25, -0.2) is 8.78 Å². The predicted molar refractivity (Wildman–Crippen MR) is 92.1 cm³/mol. The van der Waals surface area contributed by atoms with Crippen molar-refractivity contribution in [2.24, 2.45) is 0 Å². The van der Waals surface area contributed by atoms with Gasteiger partial charge in [0.15, 0.2) is 23.0 Å². The Labute approximate surface area is 154 Å². The van der Waals surface area contributed by atoms with Gasteiger partial charge in [-0.1, -0.05) is 11.2 Å². The van der Waals surface area contributed by atoms with E-state index in [1.54, 1.807) is 12.4 Å². The van der Waals surface area contributed by atoms with E-state index in [1.807, 2.05) is 19.1 Å². The standard InChI is InChI=1S/C19H17F2N3O3/c1-12(7-13-3-2-6-22-10-13)23-19(25)17-9-15(27-24-17)11-26-18-5-4-14(20)8-16(18)21/h2-6,8-10,12H,7,11H2,1H3,(H,23,25)/t12-/m1/s1. The second-order valence-electron chi connectivity index (χ2n) is 5.98. The number of nitrogens with zero attached hydrogens (tertiary/aromatic N) is 2. The summed E-state index contributed by atoms with van der Waals surface area (Å²) in [6.07, 6.45) is 4.05. The number of aromatic nitrogens is 2. The topological polar surface area (TPSA) is 77.2 Å². The minimum atomic E-state index is -0.822. The zero-order valence-corrected chi connectivity index (χ0v) is 14.5. The highest BCUT2D eigenvalue weighted by Crippen LogP contribution is 2.19. The smallest absolute Gasteiger partial charge is 0.273 e. The predicted octanol–water partition coefficient (Wildman–Crippen LogP) is 3.29. The molecule has 1 aromatic carbocycles. The Kier molecular flexibility index (Phi) is 5.75. The molecule has 2 heterocycles. The monoisotopic (exact) mass is 373 g/mol. The van der Waals surface area contributed by atoms with Crippen molar-refractivity contribution < 1.29 is 22.8 Å². The van der Waals surface area contributed by atoms with Crippen LogP contribution in [0.3, 0.4) is 0 Å². The first kappa shape index (κ1) is 18.5. The van der Waals surface area contributed by atoms with Crippen LogP contribution in [0.25, 0.3) is 0 Å². The van der Waals surface area contributed by atoms with Crippen LogP contribution in [-0.4, -0.2) is 22.1 Å². The molecule has 27 heavy (non-hydrogen) atoms. The van der Waals surface area contributed by atoms with E-state index in [0.717, 1.165) is 17.7 Å². The summed E-state index contributed by atoms with van der Waals surface area (Å²) in [6, 6.07) is 8.02. The summed E-state index contributed by atoms with van der Waals surface area (Å²) >= 11 is 0. The maximum absolute atomic E-state index is 13.5. The summed E-state index contributed by atoms with van der Waals surface area (Å²) in [5, 5.41) is 6.51. The minimum Gasteiger partial charge on any atom is -0.482 e. The van der Waals surface area contributed by atoms with Gasteiger partial charge in [0.05, 0.1) is 0 Å². The maximum atomic E-state index is 13.5. The number of carbonyl (C=O) groups is 1. The van der Waals surface area contributed by atoms with Crippen molar-refractivity contribution >= 4 is 5.91 Å². The molecule has 0 fully saturated rings. The van der Waals surface area contributed by atoms with Crippen molar-refractivity contribution in [2.45, 2.75) is 26.0 Å². The van der Waals surface area contributed by atoms with Gasteiger partial charge < -0.3 is 14.6 Å². The average Bonchev–Trinajstić information content (AvgIpc) is 3.11. The second kappa shape index (κ2) is 8.39. The van der Waals surface area contributed by atoms with E-state index in [-0.39, 0.29) is 29.9 Å². The lowest BCUT2D eigenvalue weighted by Gasteiger charge is -2.12. The normalized spacial score (nSPS) is 11.8. The molecule has 1 N–H and O–H groups in total. The minimum absolute atomic E-state index is 0.0891. The molecular weight excluding hydrogens is 356 g/mol. The van der Waals surface area contributed by atoms with Crippen LogP contribution in [0, 0.1) is 11.6 Å². The second-order valence-corrected chi connectivity index (χ2v) is 5.98. The highest BCUT2D eigenvalue weighted by Gasteiger charge is 2.16. The van der Waals surface area contributed by atoms with E-state index in [4.69, 9.17) is 9.26 Å². The van der Waals surface area contributed by atoms with Gasteiger partial charge in [0.1, 0.15) is 12.4 Å². The van der Waals surface area contributed by atoms with E-state index in [2.05, 4.69) is 15.5 Å². The summed E-state index contributed by atoms with van der Waals surface area (Å²) in [6.45, 7) is 1.72. The third-order valence-electron chi connectivity index (χ3n) is 3.70. The van der Waals surface area contributed by atoms with Crippen LogP contribution >= 0.6 is 0 Å². The van der Waals surface area contributed by atoms with E-state index in [1.165, 1.54) is 12.1 Å². The third-order valence-corrected chi connectivity index (χ3v) is 3.70. The van der Waals surface area contributed by atoms with Crippen LogP contribution < -0.4 is 10.1 Å². The largest absolute Gasteiger partial charge is 0.482 e. The molecule has 0 aliphatic heterocycles. The van der Waals surface area contributed by atoms with E-state index >= 15 is 0 Å². The zero-order chi connectivity index (χ0) is 19.2. The quantitative estimate of drug-likeness (QED) is 0.688. The molecular formula is C19H17F2N3O3. The van der Waals surface area contributed by atoms with Gasteiger partial charge in [-0.3, -0.25) is 9.78 Å². The van der Waals surface area contributed by atoms with Gasteiger partial charge in [0, 0.05) is 30.6 Å². The molecule has 1 atom stereocenters. The lowest BCUT2D eigenvalue weighted by atomic mass is 10.1. The number of rotatable bonds is 7. The number of carbonyl (C=O) groups excluding carboxylic acids is 1. The van der Waals surface area contributed by atoms with Gasteiger partial charge in [0.25, 0.3) is 5.91 Å². The van der Waals surface area contributed by atoms with Crippen molar-refractivity contribution in [3.63, 3.8) is 0 Å². The van der Waals surface area contributed by atoms with Crippen molar-refractivity contribution in [2.75, 3.05) is 0 Å². The van der Waals surface area contributed by atoms with Crippen LogP contribution in [0.15, 0.2) is 53.3 Å². The molecule has 2 aromatic heterocycles. The van der Waals surface area contributed by atoms with Crippen molar-refractivity contribution in [3.8, 4) is 5.75 Å². The number of amides is 1. The fraction of sp³-hybridized carbons (Fsp3) is 0.211. The van der Waals surface area contributed by atoms with E-state index in [9.17, 15) is 13.6 Å². The van der Waals surface area contributed by atoms with E-state index in [0.29, 0.717) is 6.42 Å². The molecule has 140 valence electrons. The van der Waals surface area contributed by atoms with Gasteiger partial charge in [-0.05, 0) is 37.1 Å². The lowest BCUT2D eigenvalue weighted by molar-refractivity contribution is 0.0930. The van der Waals surface area contributed by atoms with Gasteiger partial charge >= 0.3 is 0 Å². The summed E-state index contributed by atoms with van der Waals surface area (Å²) < 4.78 is 36.6. The molecule has 1 amide bonds. The Bertz CT molecular complexity index is 916. The van der Waals surface area contributed by atoms with Gasteiger partial charge in [-0.15, -0.1) is 0 Å². The molecule has 0 saturated heterocycles. The highest BCUT2D eigenvalue weighted by molar-refractivity contribution is 5.92. The summed E-state index contributed by atoms with van der Waals surface area (Å²) in [5.74, 6) is -1.79. The number of hydrogen-bond acceptors (Lipinski definition) is 5. The van der Waals surface area contributed by atoms with Crippen LogP contribution in [0.2, 0.25) is 0 Å². The molecule has 6 nitrogen and oxygen atoms in total. The number of pyridine rings is 1. The SMILES string of the molecule is C[C@H](Cc1cccnc1)NC(=O)c1cc(COc2ccc(F)cc2F)on1. The maximum Gasteiger partial charge on any atom is 0.273 e. The van der Waals surface area contributed by atoms with Gasteiger partial charge in [-0.2, -0.15) is 0 Å². The molecule has 0 saturated carbocycles. The van der Waals surface area contributed by atoms with E-state index < -0.39 is 17.5 Å². The number of nitrogens with one attached hydrogen (secondary N) is 1. The Morgan fingerprint density at radius 2 is 2.15 bits per heavy atom. The number of ether oxygens (including phenoxy) is 1. The zero-order valence-electron chi connectivity index (χ0n) is 14.5. The molecule has 3 rings (SSSR count). The van der Waals surface area contributed by atoms with Crippen LogP contribution in [-0.2, 0) is 13.0 Å². The number of hydrogen-bond donors (Lipinski definition) is 1. The molecule has 0 aliphatic carbocycles. The lowest BCUT2D eigenvalue weighted by Crippen LogP contribution is -2.34. The Hall–Kier alpha value is -3.29. The fourth-order valence-electron chi connectivity index (χ4n) is 2.45. The molecule has 0 unspecified atom stereocenters. The van der Waals surface area contributed by atoms with Crippen molar-refractivity contribution in [1.82, 2.24) is 15.5 Å². The number of benzene rings is 1. The molecule has 0 aliphatic rings. The number of halogens is 2. The first-order valence-corrected chi connectivity index (χ1v) is 8.24. The van der Waals surface area contributed by atoms with Crippen molar-refractivity contribution in [3.05, 3.63) is 77.4 Å². The van der Waals surface area contributed by atoms with Crippen LogP contribution in [0.1, 0.15) is 28.7 Å². The van der Waals surface area contributed by atoms with Crippen LogP contribution in [0.5, 0.6) is 5.75 Å². The van der Waals surface area contributed by atoms with Crippen molar-refractivity contribution in [1.29, 1.82) is 0 Å². The first-order chi connectivity index (χ1) is 13.0. The summed E-state index contributed by atoms with van der Waals surface area (Å²) in [7, 11) is 0. The first-order valence-electron chi connectivity index (χ1n) is 8.24. The Balaban J connectivity index is 1.54. The molecule has 3 aromatic rings. The summed E-state index contributed by atoms with van der Waals surface area (Å²) in [5.41, 5.74) is 1.09. The van der Waals surface area contributed by atoms with Crippen LogP contribution in [0.4, 0.5) is 8.78 Å². The summed E-state index contributed by atoms with van der Waals surface area (Å²) in [4.78, 5) is 16.3. The highest BCUT2D eigenvalue weighted by atomic mass is 19.1. The van der Waals surface area contributed by atoms with Gasteiger partial charge in [0.2, 0.25) is 0 Å². The molecule has 8 heteroatoms. The Morgan fingerprint density at radius 3 is 2.89 bits per heavy atom.